The first kappa shape index (κ1) is 17.2. The summed E-state index contributed by atoms with van der Waals surface area (Å²) in [5, 5.41) is 11.0. The van der Waals surface area contributed by atoms with E-state index in [1.165, 1.54) is 0 Å². The van der Waals surface area contributed by atoms with E-state index in [9.17, 15) is 8.42 Å². The van der Waals surface area contributed by atoms with Crippen LogP contribution in [0.25, 0.3) is 0 Å². The van der Waals surface area contributed by atoms with E-state index in [0.29, 0.717) is 5.82 Å². The fourth-order valence-electron chi connectivity index (χ4n) is 1.95. The van der Waals surface area contributed by atoms with Gasteiger partial charge in [0.25, 0.3) is 10.0 Å². The summed E-state index contributed by atoms with van der Waals surface area (Å²) in [6.07, 6.45) is 2.14. The highest BCUT2D eigenvalue weighted by molar-refractivity contribution is 7.92. The smallest absolute Gasteiger partial charge is 0.263 e. The number of hydrogen-bond acceptors (Lipinski definition) is 5. The monoisotopic (exact) mass is 334 g/mol. The Morgan fingerprint density at radius 1 is 1.00 bits per heavy atom. The minimum Gasteiger partial charge on any atom is -0.369 e. The zero-order chi connectivity index (χ0) is 16.9. The molecule has 1 aromatic heterocycles. The van der Waals surface area contributed by atoms with Crippen LogP contribution in [0.2, 0.25) is 0 Å². The van der Waals surface area contributed by atoms with Crippen LogP contribution in [0.5, 0.6) is 0 Å². The van der Waals surface area contributed by atoms with Gasteiger partial charge in [-0.2, -0.15) is 0 Å². The molecule has 23 heavy (non-hydrogen) atoms. The molecule has 0 saturated carbocycles. The molecule has 1 heterocycles. The van der Waals surface area contributed by atoms with Gasteiger partial charge in [-0.15, -0.1) is 10.2 Å². The lowest BCUT2D eigenvalue weighted by molar-refractivity contribution is 0.601. The minimum absolute atomic E-state index is 0.198. The number of hydrogen-bond donors (Lipinski definition) is 2. The van der Waals surface area contributed by atoms with Gasteiger partial charge in [-0.05, 0) is 55.7 Å². The zero-order valence-corrected chi connectivity index (χ0v) is 14.4. The molecule has 124 valence electrons. The molecule has 0 radical (unpaired) electrons. The van der Waals surface area contributed by atoms with Crippen molar-refractivity contribution in [3.63, 3.8) is 0 Å². The molecule has 0 bridgehead atoms. The SMILES string of the molecule is CCCCNc1ccc(NS(=O)(=O)c2ccc(C)c(C)c2)nn1. The fourth-order valence-corrected chi connectivity index (χ4v) is 3.03. The molecule has 0 fully saturated rings. The van der Waals surface area contributed by atoms with Crippen LogP contribution in [0, 0.1) is 13.8 Å². The number of aromatic nitrogens is 2. The summed E-state index contributed by atoms with van der Waals surface area (Å²) >= 11 is 0. The average Bonchev–Trinajstić information content (AvgIpc) is 2.51. The van der Waals surface area contributed by atoms with Crippen molar-refractivity contribution in [2.75, 3.05) is 16.6 Å². The summed E-state index contributed by atoms with van der Waals surface area (Å²) in [4.78, 5) is 0.215. The van der Waals surface area contributed by atoms with Crippen LogP contribution < -0.4 is 10.0 Å². The van der Waals surface area contributed by atoms with E-state index in [0.717, 1.165) is 30.5 Å². The number of unbranched alkanes of at least 4 members (excludes halogenated alkanes) is 1. The molecule has 0 aliphatic heterocycles. The Bertz CT molecular complexity index is 758. The summed E-state index contributed by atoms with van der Waals surface area (Å²) in [6, 6.07) is 8.32. The summed E-state index contributed by atoms with van der Waals surface area (Å²) < 4.78 is 27.2. The maximum atomic E-state index is 12.4. The van der Waals surface area contributed by atoms with Crippen molar-refractivity contribution < 1.29 is 8.42 Å². The number of nitrogens with one attached hydrogen (secondary N) is 2. The standard InChI is InChI=1S/C16H22N4O2S/c1-4-5-10-17-15-8-9-16(19-18-15)20-23(21,22)14-7-6-12(2)13(3)11-14/h6-9,11H,4-5,10H2,1-3H3,(H,17,18)(H,19,20). The van der Waals surface area contributed by atoms with Gasteiger partial charge >= 0.3 is 0 Å². The van der Waals surface area contributed by atoms with E-state index in [1.807, 2.05) is 13.8 Å². The number of sulfonamides is 1. The highest BCUT2D eigenvalue weighted by Gasteiger charge is 2.15. The molecule has 0 amide bonds. The van der Waals surface area contributed by atoms with E-state index < -0.39 is 10.0 Å². The van der Waals surface area contributed by atoms with Crippen molar-refractivity contribution in [2.45, 2.75) is 38.5 Å². The summed E-state index contributed by atoms with van der Waals surface area (Å²) in [7, 11) is -3.66. The normalized spacial score (nSPS) is 11.3. The maximum Gasteiger partial charge on any atom is 0.263 e. The van der Waals surface area contributed by atoms with Crippen LogP contribution in [-0.2, 0) is 10.0 Å². The number of benzene rings is 1. The molecule has 0 aliphatic rings. The lowest BCUT2D eigenvalue weighted by atomic mass is 10.1. The van der Waals surface area contributed by atoms with Crippen LogP contribution in [0.4, 0.5) is 11.6 Å². The lowest BCUT2D eigenvalue weighted by Crippen LogP contribution is -2.15. The second-order valence-corrected chi connectivity index (χ2v) is 7.12. The predicted molar refractivity (Wildman–Crippen MR) is 92.2 cm³/mol. The Morgan fingerprint density at radius 2 is 1.70 bits per heavy atom. The van der Waals surface area contributed by atoms with Crippen LogP contribution in [0.3, 0.4) is 0 Å². The van der Waals surface area contributed by atoms with Gasteiger partial charge in [-0.3, -0.25) is 4.72 Å². The topological polar surface area (TPSA) is 84.0 Å². The van der Waals surface area contributed by atoms with Gasteiger partial charge in [-0.25, -0.2) is 8.42 Å². The van der Waals surface area contributed by atoms with Crippen LogP contribution in [-0.4, -0.2) is 25.2 Å². The van der Waals surface area contributed by atoms with Crippen molar-refractivity contribution in [1.29, 1.82) is 0 Å². The van der Waals surface area contributed by atoms with E-state index in [2.05, 4.69) is 27.2 Å². The largest absolute Gasteiger partial charge is 0.369 e. The van der Waals surface area contributed by atoms with Crippen molar-refractivity contribution in [3.8, 4) is 0 Å². The van der Waals surface area contributed by atoms with Crippen LogP contribution in [0.15, 0.2) is 35.2 Å². The molecule has 2 rings (SSSR count). The average molecular weight is 334 g/mol. The van der Waals surface area contributed by atoms with E-state index in [-0.39, 0.29) is 10.7 Å². The number of anilines is 2. The molecule has 0 spiro atoms. The lowest BCUT2D eigenvalue weighted by Gasteiger charge is -2.09. The molecular weight excluding hydrogens is 312 g/mol. The van der Waals surface area contributed by atoms with Crippen molar-refractivity contribution >= 4 is 21.7 Å². The Balaban J connectivity index is 2.09. The van der Waals surface area contributed by atoms with Gasteiger partial charge in [0.05, 0.1) is 4.90 Å². The summed E-state index contributed by atoms with van der Waals surface area (Å²) in [5.41, 5.74) is 1.97. The van der Waals surface area contributed by atoms with Crippen LogP contribution in [0.1, 0.15) is 30.9 Å². The Hall–Kier alpha value is -2.15. The molecule has 0 saturated heterocycles. The third kappa shape index (κ3) is 4.66. The Kier molecular flexibility index (Phi) is 5.54. The first-order valence-corrected chi connectivity index (χ1v) is 9.08. The van der Waals surface area contributed by atoms with E-state index >= 15 is 0 Å². The molecule has 2 aromatic rings. The molecule has 7 heteroatoms. The molecule has 0 aliphatic carbocycles. The first-order chi connectivity index (χ1) is 10.9. The number of nitrogens with zero attached hydrogens (tertiary/aromatic N) is 2. The Labute approximate surface area is 137 Å². The van der Waals surface area contributed by atoms with Crippen LogP contribution >= 0.6 is 0 Å². The zero-order valence-electron chi connectivity index (χ0n) is 13.6. The number of aryl methyl sites for hydroxylation is 2. The van der Waals surface area contributed by atoms with Gasteiger partial charge in [0, 0.05) is 6.54 Å². The van der Waals surface area contributed by atoms with Gasteiger partial charge < -0.3 is 5.32 Å². The van der Waals surface area contributed by atoms with Gasteiger partial charge in [0.15, 0.2) is 5.82 Å². The summed E-state index contributed by atoms with van der Waals surface area (Å²) in [5.74, 6) is 0.830. The fraction of sp³-hybridized carbons (Fsp3) is 0.375. The van der Waals surface area contributed by atoms with Crippen molar-refractivity contribution in [3.05, 3.63) is 41.5 Å². The maximum absolute atomic E-state index is 12.4. The minimum atomic E-state index is -3.66. The molecule has 2 N–H and O–H groups in total. The van der Waals surface area contributed by atoms with Gasteiger partial charge in [-0.1, -0.05) is 19.4 Å². The molecular formula is C16H22N4O2S. The summed E-state index contributed by atoms with van der Waals surface area (Å²) in [6.45, 7) is 6.75. The predicted octanol–water partition coefficient (Wildman–Crippen LogP) is 3.11. The third-order valence-corrected chi connectivity index (χ3v) is 4.88. The first-order valence-electron chi connectivity index (χ1n) is 7.60. The molecule has 1 aromatic carbocycles. The van der Waals surface area contributed by atoms with Gasteiger partial charge in [0.2, 0.25) is 0 Å². The van der Waals surface area contributed by atoms with Gasteiger partial charge in [0.1, 0.15) is 5.82 Å². The highest BCUT2D eigenvalue weighted by Crippen LogP contribution is 2.18. The highest BCUT2D eigenvalue weighted by atomic mass is 32.2. The third-order valence-electron chi connectivity index (χ3n) is 3.53. The van der Waals surface area contributed by atoms with Crippen molar-refractivity contribution in [1.82, 2.24) is 10.2 Å². The quantitative estimate of drug-likeness (QED) is 0.760. The second-order valence-electron chi connectivity index (χ2n) is 5.44. The second kappa shape index (κ2) is 7.41. The van der Waals surface area contributed by atoms with E-state index in [1.54, 1.807) is 30.3 Å². The molecule has 0 unspecified atom stereocenters. The molecule has 0 atom stereocenters. The van der Waals surface area contributed by atoms with Crippen molar-refractivity contribution in [2.24, 2.45) is 0 Å². The van der Waals surface area contributed by atoms with E-state index in [4.69, 9.17) is 0 Å². The number of rotatable bonds is 7. The Morgan fingerprint density at radius 3 is 2.30 bits per heavy atom. The molecule has 6 nitrogen and oxygen atoms in total.